The van der Waals surface area contributed by atoms with Gasteiger partial charge in [0, 0.05) is 12.5 Å². The van der Waals surface area contributed by atoms with Crippen LogP contribution in [-0.2, 0) is 11.2 Å². The Morgan fingerprint density at radius 3 is 3.00 bits per heavy atom. The van der Waals surface area contributed by atoms with Gasteiger partial charge in [-0.15, -0.1) is 0 Å². The number of nitrogens with two attached hydrogens (primary N) is 1. The number of aryl methyl sites for hydroxylation is 1. The number of carbonyl (C=O) groups excluding carboxylic acids is 1. The molecule has 2 unspecified atom stereocenters. The van der Waals surface area contributed by atoms with Crippen molar-refractivity contribution in [1.82, 2.24) is 5.32 Å². The molecule has 0 bridgehead atoms. The largest absolute Gasteiger partial charge is 0.409 e. The molecular weight excluding hydrogens is 266 g/mol. The average molecular weight is 289 g/mol. The minimum atomic E-state index is -0.0949. The van der Waals surface area contributed by atoms with E-state index in [4.69, 9.17) is 10.9 Å². The fourth-order valence-corrected chi connectivity index (χ4v) is 2.92. The van der Waals surface area contributed by atoms with Gasteiger partial charge in [-0.25, -0.2) is 0 Å². The van der Waals surface area contributed by atoms with Crippen LogP contribution < -0.4 is 11.1 Å². The molecule has 1 aliphatic carbocycles. The van der Waals surface area contributed by atoms with E-state index in [2.05, 4.69) is 16.5 Å². The molecule has 1 aromatic rings. The molecule has 0 spiro atoms. The molecule has 0 aromatic heterocycles. The van der Waals surface area contributed by atoms with E-state index in [1.54, 1.807) is 0 Å². The van der Waals surface area contributed by atoms with Gasteiger partial charge in [-0.05, 0) is 36.8 Å². The quantitative estimate of drug-likeness (QED) is 0.336. The molecule has 2 rings (SSSR count). The van der Waals surface area contributed by atoms with Crippen LogP contribution in [0.25, 0.3) is 0 Å². The molecule has 0 saturated carbocycles. The average Bonchev–Trinajstić information content (AvgIpc) is 2.53. The first-order valence-corrected chi connectivity index (χ1v) is 7.50. The van der Waals surface area contributed by atoms with Crippen molar-refractivity contribution < 1.29 is 10.0 Å². The Balaban J connectivity index is 2.07. The number of hydrogen-bond donors (Lipinski definition) is 3. The maximum atomic E-state index is 12.5. The summed E-state index contributed by atoms with van der Waals surface area (Å²) in [5.41, 5.74) is 7.94. The van der Waals surface area contributed by atoms with Crippen molar-refractivity contribution in [3.63, 3.8) is 0 Å². The highest BCUT2D eigenvalue weighted by molar-refractivity contribution is 5.86. The third-order valence-corrected chi connectivity index (χ3v) is 4.11. The van der Waals surface area contributed by atoms with Crippen molar-refractivity contribution >= 4 is 11.7 Å². The van der Waals surface area contributed by atoms with Crippen LogP contribution in [0.15, 0.2) is 29.4 Å². The number of amidine groups is 1. The van der Waals surface area contributed by atoms with Crippen molar-refractivity contribution in [2.24, 2.45) is 10.9 Å². The summed E-state index contributed by atoms with van der Waals surface area (Å²) in [5.74, 6) is 0.0993. The number of carbonyl (C=O) groups is 1. The summed E-state index contributed by atoms with van der Waals surface area (Å²) in [6.07, 6.45) is 4.07. The smallest absolute Gasteiger partial charge is 0.227 e. The number of amides is 1. The molecule has 2 atom stereocenters. The summed E-state index contributed by atoms with van der Waals surface area (Å²) in [6, 6.07) is 8.05. The fourth-order valence-electron chi connectivity index (χ4n) is 2.92. The van der Waals surface area contributed by atoms with Crippen molar-refractivity contribution in [2.45, 2.75) is 51.0 Å². The lowest BCUT2D eigenvalue weighted by molar-refractivity contribution is -0.123. The van der Waals surface area contributed by atoms with Gasteiger partial charge in [0.25, 0.3) is 0 Å². The Kier molecular flexibility index (Phi) is 5.20. The van der Waals surface area contributed by atoms with Crippen molar-refractivity contribution in [1.29, 1.82) is 0 Å². The number of benzene rings is 1. The molecule has 1 amide bonds. The van der Waals surface area contributed by atoms with Crippen LogP contribution in [0.3, 0.4) is 0 Å². The lowest BCUT2D eigenvalue weighted by Crippen LogP contribution is -2.40. The van der Waals surface area contributed by atoms with E-state index in [0.29, 0.717) is 6.42 Å². The van der Waals surface area contributed by atoms with Crippen molar-refractivity contribution in [2.75, 3.05) is 0 Å². The lowest BCUT2D eigenvalue weighted by atomic mass is 9.82. The number of hydrogen-bond acceptors (Lipinski definition) is 3. The molecule has 1 aliphatic rings. The normalized spacial score (nSPS) is 19.7. The maximum absolute atomic E-state index is 12.5. The zero-order chi connectivity index (χ0) is 15.2. The Bertz CT molecular complexity index is 528. The third kappa shape index (κ3) is 3.74. The highest BCUT2D eigenvalue weighted by Crippen LogP contribution is 2.31. The molecule has 0 heterocycles. The zero-order valence-electron chi connectivity index (χ0n) is 12.4. The van der Waals surface area contributed by atoms with Crippen LogP contribution in [0.2, 0.25) is 0 Å². The van der Waals surface area contributed by atoms with Crippen molar-refractivity contribution in [3.8, 4) is 0 Å². The Morgan fingerprint density at radius 2 is 2.29 bits per heavy atom. The number of rotatable bonds is 5. The number of nitrogens with zero attached hydrogens (tertiary/aromatic N) is 1. The Morgan fingerprint density at radius 1 is 1.52 bits per heavy atom. The van der Waals surface area contributed by atoms with E-state index in [1.165, 1.54) is 5.56 Å². The van der Waals surface area contributed by atoms with Gasteiger partial charge in [-0.2, -0.15) is 0 Å². The van der Waals surface area contributed by atoms with Gasteiger partial charge in [0.05, 0.1) is 5.92 Å². The second-order valence-electron chi connectivity index (χ2n) is 5.55. The van der Waals surface area contributed by atoms with E-state index in [0.717, 1.165) is 31.2 Å². The summed E-state index contributed by atoms with van der Waals surface area (Å²) in [5, 5.41) is 14.6. The molecule has 21 heavy (non-hydrogen) atoms. The van der Waals surface area contributed by atoms with Gasteiger partial charge >= 0.3 is 0 Å². The van der Waals surface area contributed by atoms with Crippen LogP contribution in [-0.4, -0.2) is 23.0 Å². The molecule has 1 aromatic carbocycles. The molecule has 5 heteroatoms. The van der Waals surface area contributed by atoms with E-state index in [9.17, 15) is 4.79 Å². The molecule has 0 radical (unpaired) electrons. The Hall–Kier alpha value is -2.04. The zero-order valence-corrected chi connectivity index (χ0v) is 12.4. The second kappa shape index (κ2) is 7.11. The fraction of sp³-hybridized carbons (Fsp3) is 0.500. The van der Waals surface area contributed by atoms with Crippen LogP contribution in [0.4, 0.5) is 0 Å². The number of nitrogens with one attached hydrogen (secondary N) is 1. The van der Waals surface area contributed by atoms with Gasteiger partial charge in [-0.3, -0.25) is 4.79 Å². The summed E-state index contributed by atoms with van der Waals surface area (Å²) >= 11 is 0. The first-order chi connectivity index (χ1) is 10.2. The predicted octanol–water partition coefficient (Wildman–Crippen LogP) is 2.14. The molecule has 5 nitrogen and oxygen atoms in total. The van der Waals surface area contributed by atoms with Crippen LogP contribution >= 0.6 is 0 Å². The Labute approximate surface area is 125 Å². The summed E-state index contributed by atoms with van der Waals surface area (Å²) < 4.78 is 0. The minimum absolute atomic E-state index is 0.0414. The predicted molar refractivity (Wildman–Crippen MR) is 82.4 cm³/mol. The molecule has 114 valence electrons. The molecule has 4 N–H and O–H groups in total. The SMILES string of the molecule is CCC(CC(N)=NO)NC(=O)C1CCCc2ccccc21. The summed E-state index contributed by atoms with van der Waals surface area (Å²) in [6.45, 7) is 1.98. The molecule has 0 saturated heterocycles. The third-order valence-electron chi connectivity index (χ3n) is 4.11. The molecule has 0 aliphatic heterocycles. The van der Waals surface area contributed by atoms with Gasteiger partial charge in [0.15, 0.2) is 0 Å². The summed E-state index contributed by atoms with van der Waals surface area (Å²) in [7, 11) is 0. The molecular formula is C16H23N3O2. The van der Waals surface area contributed by atoms with E-state index in [1.807, 2.05) is 25.1 Å². The number of fused-ring (bicyclic) bond motifs is 1. The topological polar surface area (TPSA) is 87.7 Å². The van der Waals surface area contributed by atoms with Crippen LogP contribution in [0.1, 0.15) is 49.7 Å². The van der Waals surface area contributed by atoms with Crippen molar-refractivity contribution in [3.05, 3.63) is 35.4 Å². The van der Waals surface area contributed by atoms with Gasteiger partial charge < -0.3 is 16.3 Å². The van der Waals surface area contributed by atoms with Crippen LogP contribution in [0, 0.1) is 0 Å². The highest BCUT2D eigenvalue weighted by Gasteiger charge is 2.27. The maximum Gasteiger partial charge on any atom is 0.227 e. The highest BCUT2D eigenvalue weighted by atomic mass is 16.4. The van der Waals surface area contributed by atoms with Gasteiger partial charge in [0.1, 0.15) is 5.84 Å². The van der Waals surface area contributed by atoms with E-state index < -0.39 is 0 Å². The monoisotopic (exact) mass is 289 g/mol. The van der Waals surface area contributed by atoms with E-state index in [-0.39, 0.29) is 23.7 Å². The first-order valence-electron chi connectivity index (χ1n) is 7.50. The minimum Gasteiger partial charge on any atom is -0.409 e. The second-order valence-corrected chi connectivity index (χ2v) is 5.55. The van der Waals surface area contributed by atoms with Gasteiger partial charge in [-0.1, -0.05) is 36.3 Å². The number of oxime groups is 1. The lowest BCUT2D eigenvalue weighted by Gasteiger charge is -2.26. The summed E-state index contributed by atoms with van der Waals surface area (Å²) in [4.78, 5) is 12.5. The van der Waals surface area contributed by atoms with Crippen LogP contribution in [0.5, 0.6) is 0 Å². The van der Waals surface area contributed by atoms with E-state index >= 15 is 0 Å². The molecule has 0 fully saturated rings. The first kappa shape index (κ1) is 15.4. The van der Waals surface area contributed by atoms with Gasteiger partial charge in [0.2, 0.25) is 5.91 Å². The standard InChI is InChI=1S/C16H23N3O2/c1-2-12(10-15(17)19-21)18-16(20)14-9-5-7-11-6-3-4-8-13(11)14/h3-4,6,8,12,14,21H,2,5,7,9-10H2,1H3,(H2,17,19)(H,18,20).